The molecule has 1 heterocycles. The number of nitrogens with two attached hydrogens (primary N) is 2. The first-order valence-corrected chi connectivity index (χ1v) is 8.30. The molecule has 6 N–H and O–H groups in total. The number of carbonyl (C=O) groups excluding carboxylic acids is 1. The van der Waals surface area contributed by atoms with Crippen molar-refractivity contribution < 1.29 is 9.90 Å². The highest BCUT2D eigenvalue weighted by Gasteiger charge is 2.19. The number of fused-ring (bicyclic) bond motifs is 1. The van der Waals surface area contributed by atoms with Gasteiger partial charge in [-0.05, 0) is 37.3 Å². The summed E-state index contributed by atoms with van der Waals surface area (Å²) in [7, 11) is 0. The third kappa shape index (κ3) is 3.75. The minimum Gasteiger partial charge on any atom is -0.391 e. The highest BCUT2D eigenvalue weighted by Crippen LogP contribution is 2.30. The molecule has 1 amide bonds. The predicted molar refractivity (Wildman–Crippen MR) is 103 cm³/mol. The van der Waals surface area contributed by atoms with Crippen LogP contribution < -0.4 is 16.8 Å². The van der Waals surface area contributed by atoms with Crippen molar-refractivity contribution in [2.45, 2.75) is 19.1 Å². The number of hydrogen-bond donors (Lipinski definition) is 4. The first-order chi connectivity index (χ1) is 12.3. The Hall–Kier alpha value is -2.74. The molecule has 0 aliphatic rings. The van der Waals surface area contributed by atoms with Gasteiger partial charge in [-0.2, -0.15) is 0 Å². The highest BCUT2D eigenvalue weighted by atomic mass is 35.5. The Labute approximate surface area is 155 Å². The van der Waals surface area contributed by atoms with Crippen molar-refractivity contribution in [2.75, 3.05) is 11.1 Å². The number of aliphatic hydroxyl groups is 1. The Morgan fingerprint density at radius 1 is 1.23 bits per heavy atom. The van der Waals surface area contributed by atoms with Crippen molar-refractivity contribution in [3.05, 3.63) is 47.5 Å². The summed E-state index contributed by atoms with van der Waals surface area (Å²) in [6.07, 6.45) is -0.953. The monoisotopic (exact) mass is 371 g/mol. The van der Waals surface area contributed by atoms with Crippen molar-refractivity contribution in [1.29, 1.82) is 0 Å². The van der Waals surface area contributed by atoms with Crippen molar-refractivity contribution in [3.63, 3.8) is 0 Å². The molecule has 134 valence electrons. The second kappa shape index (κ2) is 7.25. The minimum absolute atomic E-state index is 0.139. The molecule has 1 unspecified atom stereocenters. The molecule has 0 aliphatic carbocycles. The zero-order valence-corrected chi connectivity index (χ0v) is 14.7. The molecule has 7 nitrogen and oxygen atoms in total. The van der Waals surface area contributed by atoms with Gasteiger partial charge in [0.1, 0.15) is 6.04 Å². The van der Waals surface area contributed by atoms with Crippen LogP contribution in [0.1, 0.15) is 6.92 Å². The number of amides is 1. The van der Waals surface area contributed by atoms with E-state index in [4.69, 9.17) is 23.1 Å². The zero-order valence-electron chi connectivity index (χ0n) is 14.0. The number of aromatic nitrogens is 2. The van der Waals surface area contributed by atoms with Gasteiger partial charge in [-0.3, -0.25) is 4.79 Å². The number of benzene rings is 2. The number of nitrogens with one attached hydrogen (secondary N) is 1. The summed E-state index contributed by atoms with van der Waals surface area (Å²) in [4.78, 5) is 20.6. The molecule has 26 heavy (non-hydrogen) atoms. The van der Waals surface area contributed by atoms with E-state index in [2.05, 4.69) is 15.3 Å². The number of carbonyl (C=O) groups is 1. The summed E-state index contributed by atoms with van der Waals surface area (Å²) in [5.74, 6) is -0.340. The maximum atomic E-state index is 12.1. The first kappa shape index (κ1) is 18.1. The van der Waals surface area contributed by atoms with Gasteiger partial charge < -0.3 is 21.9 Å². The molecule has 2 atom stereocenters. The molecule has 0 fully saturated rings. The number of anilines is 2. The van der Waals surface area contributed by atoms with Crippen molar-refractivity contribution >= 4 is 40.0 Å². The maximum absolute atomic E-state index is 12.1. The van der Waals surface area contributed by atoms with Gasteiger partial charge in [-0.15, -0.1) is 0 Å². The Bertz CT molecular complexity index is 977. The lowest BCUT2D eigenvalue weighted by Crippen LogP contribution is -2.43. The van der Waals surface area contributed by atoms with Gasteiger partial charge in [0.25, 0.3) is 0 Å². The highest BCUT2D eigenvalue weighted by molar-refractivity contribution is 6.31. The molecule has 0 radical (unpaired) electrons. The molecule has 3 aromatic rings. The number of nitrogens with zero attached hydrogens (tertiary/aromatic N) is 2. The average molecular weight is 372 g/mol. The van der Waals surface area contributed by atoms with Crippen LogP contribution in [0.3, 0.4) is 0 Å². The summed E-state index contributed by atoms with van der Waals surface area (Å²) in [6.45, 7) is 1.46. The van der Waals surface area contributed by atoms with E-state index in [1.807, 2.05) is 6.07 Å². The summed E-state index contributed by atoms with van der Waals surface area (Å²) in [5.41, 5.74) is 14.0. The van der Waals surface area contributed by atoms with Gasteiger partial charge in [0.15, 0.2) is 0 Å². The molecular formula is C18H18ClN5O2. The molecule has 0 spiro atoms. The summed E-state index contributed by atoms with van der Waals surface area (Å²) < 4.78 is 0. The van der Waals surface area contributed by atoms with Crippen LogP contribution in [0.4, 0.5) is 11.6 Å². The fraction of sp³-hybridized carbons (Fsp3) is 0.167. The maximum Gasteiger partial charge on any atom is 0.243 e. The van der Waals surface area contributed by atoms with Gasteiger partial charge in [0, 0.05) is 21.7 Å². The van der Waals surface area contributed by atoms with Gasteiger partial charge in [0.2, 0.25) is 11.9 Å². The molecule has 2 aromatic carbocycles. The largest absolute Gasteiger partial charge is 0.391 e. The summed E-state index contributed by atoms with van der Waals surface area (Å²) in [6, 6.07) is 11.3. The van der Waals surface area contributed by atoms with E-state index in [-0.39, 0.29) is 5.95 Å². The lowest BCUT2D eigenvalue weighted by atomic mass is 10.1. The Kier molecular flexibility index (Phi) is 5.03. The van der Waals surface area contributed by atoms with Gasteiger partial charge in [0.05, 0.1) is 17.3 Å². The fourth-order valence-electron chi connectivity index (χ4n) is 2.53. The van der Waals surface area contributed by atoms with E-state index >= 15 is 0 Å². The predicted octanol–water partition coefficient (Wildman–Crippen LogP) is 2.18. The summed E-state index contributed by atoms with van der Waals surface area (Å²) >= 11 is 6.10. The average Bonchev–Trinajstić information content (AvgIpc) is 2.60. The van der Waals surface area contributed by atoms with Crippen LogP contribution in [-0.2, 0) is 4.79 Å². The standard InChI is InChI=1S/C18H18ClN5O2/c1-9(25)15(20)17(26)22-12-4-2-3-10(7-12)16-13-8-11(19)5-6-14(13)23-18(21)24-16/h2-9,15,25H,20H2,1H3,(H,22,26)(H2,21,23,24)/t9?,15-/m1/s1. The first-order valence-electron chi connectivity index (χ1n) is 7.93. The molecule has 0 saturated carbocycles. The number of rotatable bonds is 4. The van der Waals surface area contributed by atoms with Gasteiger partial charge in [-0.25, -0.2) is 9.97 Å². The lowest BCUT2D eigenvalue weighted by Gasteiger charge is -2.15. The van der Waals surface area contributed by atoms with E-state index < -0.39 is 18.1 Å². The SMILES string of the molecule is CC(O)[C@@H](N)C(=O)Nc1cccc(-c2nc(N)nc3ccc(Cl)cc23)c1. The molecule has 8 heteroatoms. The molecule has 3 rings (SSSR count). The van der Waals surface area contributed by atoms with Crippen LogP contribution >= 0.6 is 11.6 Å². The number of halogens is 1. The van der Waals surface area contributed by atoms with E-state index in [0.29, 0.717) is 21.9 Å². The normalized spacial score (nSPS) is 13.4. The van der Waals surface area contributed by atoms with Crippen molar-refractivity contribution in [2.24, 2.45) is 5.73 Å². The van der Waals surface area contributed by atoms with Crippen LogP contribution in [0.2, 0.25) is 5.02 Å². The Morgan fingerprint density at radius 3 is 2.73 bits per heavy atom. The summed E-state index contributed by atoms with van der Waals surface area (Å²) in [5, 5.41) is 13.4. The quantitative estimate of drug-likeness (QED) is 0.556. The second-order valence-electron chi connectivity index (χ2n) is 5.93. The van der Waals surface area contributed by atoms with Crippen LogP contribution in [0.25, 0.3) is 22.2 Å². The Balaban J connectivity index is 2.02. The van der Waals surface area contributed by atoms with Crippen LogP contribution in [0.5, 0.6) is 0 Å². The van der Waals surface area contributed by atoms with Crippen molar-refractivity contribution in [1.82, 2.24) is 9.97 Å². The smallest absolute Gasteiger partial charge is 0.243 e. The van der Waals surface area contributed by atoms with E-state index in [1.54, 1.807) is 36.4 Å². The molecule has 0 aliphatic heterocycles. The number of hydrogen-bond acceptors (Lipinski definition) is 6. The third-order valence-electron chi connectivity index (χ3n) is 3.90. The van der Waals surface area contributed by atoms with Gasteiger partial charge >= 0.3 is 0 Å². The Morgan fingerprint density at radius 2 is 2.00 bits per heavy atom. The van der Waals surface area contributed by atoms with Crippen LogP contribution in [0, 0.1) is 0 Å². The second-order valence-corrected chi connectivity index (χ2v) is 6.36. The molecule has 0 bridgehead atoms. The van der Waals surface area contributed by atoms with Crippen LogP contribution in [-0.4, -0.2) is 33.1 Å². The minimum atomic E-state index is -1.02. The van der Waals surface area contributed by atoms with E-state index in [0.717, 1.165) is 10.9 Å². The van der Waals surface area contributed by atoms with Crippen LogP contribution in [0.15, 0.2) is 42.5 Å². The lowest BCUT2D eigenvalue weighted by molar-refractivity contribution is -0.119. The number of nitrogen functional groups attached to an aromatic ring is 1. The zero-order chi connectivity index (χ0) is 18.8. The molecule has 1 aromatic heterocycles. The van der Waals surface area contributed by atoms with Crippen molar-refractivity contribution in [3.8, 4) is 11.3 Å². The van der Waals surface area contributed by atoms with E-state index in [9.17, 15) is 9.90 Å². The number of aliphatic hydroxyl groups excluding tert-OH is 1. The third-order valence-corrected chi connectivity index (χ3v) is 4.14. The fourth-order valence-corrected chi connectivity index (χ4v) is 2.70. The topological polar surface area (TPSA) is 127 Å². The van der Waals surface area contributed by atoms with Gasteiger partial charge in [-0.1, -0.05) is 23.7 Å². The molecular weight excluding hydrogens is 354 g/mol. The van der Waals surface area contributed by atoms with E-state index in [1.165, 1.54) is 6.92 Å². The molecule has 0 saturated heterocycles.